The first-order chi connectivity index (χ1) is 22.8. The van der Waals surface area contributed by atoms with Crippen LogP contribution in [0.2, 0.25) is 0 Å². The largest absolute Gasteiger partial charge is 0.455 e. The van der Waals surface area contributed by atoms with Gasteiger partial charge in [0.1, 0.15) is 11.2 Å². The Balaban J connectivity index is 1.27. The summed E-state index contributed by atoms with van der Waals surface area (Å²) in [5.74, 6) is 0. The SMILES string of the molecule is c1ccc(-c2ccc3c4c5oc6ccccc6c5ccc4n(C4N=C(c5ccc6ccccc6c5)c5ccccc5N4)c3c2)cc1. The second-order valence-corrected chi connectivity index (χ2v) is 12.0. The summed E-state index contributed by atoms with van der Waals surface area (Å²) >= 11 is 0. The van der Waals surface area contributed by atoms with Crippen molar-refractivity contribution in [1.82, 2.24) is 4.57 Å². The maximum atomic E-state index is 6.61. The van der Waals surface area contributed by atoms with Gasteiger partial charge in [0.2, 0.25) is 6.29 Å². The van der Waals surface area contributed by atoms with Gasteiger partial charge in [0, 0.05) is 33.0 Å². The minimum absolute atomic E-state index is 0.385. The second-order valence-electron chi connectivity index (χ2n) is 12.0. The predicted octanol–water partition coefficient (Wildman–Crippen LogP) is 10.9. The zero-order valence-corrected chi connectivity index (χ0v) is 24.8. The molecule has 1 N–H and O–H groups in total. The quantitative estimate of drug-likeness (QED) is 0.223. The number of rotatable bonds is 3. The van der Waals surface area contributed by atoms with Crippen molar-refractivity contribution >= 4 is 65.9 Å². The molecule has 0 saturated carbocycles. The molecule has 1 unspecified atom stereocenters. The topological polar surface area (TPSA) is 42.5 Å². The molecule has 46 heavy (non-hydrogen) atoms. The lowest BCUT2D eigenvalue weighted by molar-refractivity contribution is 0.624. The molecule has 1 aliphatic rings. The molecular weight excluding hydrogens is 562 g/mol. The normalized spacial score (nSPS) is 14.6. The third-order valence-corrected chi connectivity index (χ3v) is 9.40. The van der Waals surface area contributed by atoms with Crippen molar-refractivity contribution in [3.63, 3.8) is 0 Å². The first kappa shape index (κ1) is 25.2. The number of benzene rings is 7. The van der Waals surface area contributed by atoms with Crippen molar-refractivity contribution in [3.8, 4) is 11.1 Å². The highest BCUT2D eigenvalue weighted by Crippen LogP contribution is 2.43. The molecule has 4 heteroatoms. The van der Waals surface area contributed by atoms with Gasteiger partial charge in [-0.3, -0.25) is 0 Å². The van der Waals surface area contributed by atoms with Crippen LogP contribution in [0.5, 0.6) is 0 Å². The molecule has 10 rings (SSSR count). The molecule has 1 atom stereocenters. The molecule has 0 aliphatic carbocycles. The average Bonchev–Trinajstić information content (AvgIpc) is 3.67. The third-order valence-electron chi connectivity index (χ3n) is 9.40. The van der Waals surface area contributed by atoms with Crippen LogP contribution in [0.1, 0.15) is 17.4 Å². The monoisotopic (exact) mass is 589 g/mol. The van der Waals surface area contributed by atoms with E-state index >= 15 is 0 Å². The van der Waals surface area contributed by atoms with Gasteiger partial charge in [-0.15, -0.1) is 0 Å². The standard InChI is InChI=1S/C42H27N3O/c1-2-10-26(11-3-1)29-20-21-34-37(25-29)45(36-23-22-32-31-14-7-9-17-38(31)46-41(32)39(34)36)42-43-35-16-8-6-15-33(35)40(44-42)30-19-18-27-12-4-5-13-28(27)24-30/h1-25,42-43H. The van der Waals surface area contributed by atoms with E-state index in [0.29, 0.717) is 0 Å². The number of aromatic nitrogens is 1. The summed E-state index contributed by atoms with van der Waals surface area (Å²) in [6.45, 7) is 0. The molecule has 7 aromatic carbocycles. The van der Waals surface area contributed by atoms with Gasteiger partial charge in [-0.2, -0.15) is 0 Å². The molecule has 3 heterocycles. The van der Waals surface area contributed by atoms with Gasteiger partial charge in [0.25, 0.3) is 0 Å². The van der Waals surface area contributed by atoms with Crippen LogP contribution in [-0.2, 0) is 0 Å². The van der Waals surface area contributed by atoms with E-state index in [1.54, 1.807) is 0 Å². The molecule has 4 nitrogen and oxygen atoms in total. The molecule has 9 aromatic rings. The van der Waals surface area contributed by atoms with Crippen molar-refractivity contribution in [3.05, 3.63) is 163 Å². The Morgan fingerprint density at radius 2 is 1.30 bits per heavy atom. The van der Waals surface area contributed by atoms with Crippen LogP contribution >= 0.6 is 0 Å². The van der Waals surface area contributed by atoms with E-state index in [0.717, 1.165) is 71.8 Å². The van der Waals surface area contributed by atoms with Crippen molar-refractivity contribution in [2.24, 2.45) is 4.99 Å². The zero-order chi connectivity index (χ0) is 30.2. The van der Waals surface area contributed by atoms with Crippen molar-refractivity contribution in [2.75, 3.05) is 5.32 Å². The third kappa shape index (κ3) is 3.71. The van der Waals surface area contributed by atoms with E-state index in [2.05, 4.69) is 149 Å². The molecule has 1 aliphatic heterocycles. The average molecular weight is 590 g/mol. The minimum atomic E-state index is -0.385. The number of aliphatic imine (C=N–C) groups is 1. The number of fused-ring (bicyclic) bond motifs is 9. The van der Waals surface area contributed by atoms with E-state index in [1.807, 2.05) is 12.1 Å². The molecule has 2 aromatic heterocycles. The Morgan fingerprint density at radius 1 is 0.543 bits per heavy atom. The Hall–Kier alpha value is -6.13. The van der Waals surface area contributed by atoms with Gasteiger partial charge < -0.3 is 14.3 Å². The minimum Gasteiger partial charge on any atom is -0.455 e. The summed E-state index contributed by atoms with van der Waals surface area (Å²) in [4.78, 5) is 5.51. The van der Waals surface area contributed by atoms with E-state index in [1.165, 1.54) is 16.3 Å². The van der Waals surface area contributed by atoms with Crippen LogP contribution < -0.4 is 5.32 Å². The van der Waals surface area contributed by atoms with Gasteiger partial charge in [0.15, 0.2) is 0 Å². The molecule has 0 spiro atoms. The zero-order valence-electron chi connectivity index (χ0n) is 24.8. The summed E-state index contributed by atoms with van der Waals surface area (Å²) in [7, 11) is 0. The fraction of sp³-hybridized carbons (Fsp3) is 0.0238. The Morgan fingerprint density at radius 3 is 2.24 bits per heavy atom. The maximum absolute atomic E-state index is 6.61. The summed E-state index contributed by atoms with van der Waals surface area (Å²) in [6.07, 6.45) is -0.385. The Bertz CT molecular complexity index is 2680. The highest BCUT2D eigenvalue weighted by atomic mass is 16.3. The maximum Gasteiger partial charge on any atom is 0.201 e. The number of hydrogen-bond donors (Lipinski definition) is 1. The van der Waals surface area contributed by atoms with Crippen LogP contribution in [0.3, 0.4) is 0 Å². The van der Waals surface area contributed by atoms with E-state index < -0.39 is 0 Å². The van der Waals surface area contributed by atoms with E-state index in [-0.39, 0.29) is 6.29 Å². The first-order valence-corrected chi connectivity index (χ1v) is 15.7. The van der Waals surface area contributed by atoms with Crippen molar-refractivity contribution in [2.45, 2.75) is 6.29 Å². The predicted molar refractivity (Wildman–Crippen MR) is 191 cm³/mol. The lowest BCUT2D eigenvalue weighted by atomic mass is 9.97. The van der Waals surface area contributed by atoms with Crippen LogP contribution in [0.15, 0.2) is 161 Å². The summed E-state index contributed by atoms with van der Waals surface area (Å²) in [5.41, 5.74) is 10.5. The van der Waals surface area contributed by atoms with E-state index in [9.17, 15) is 0 Å². The second kappa shape index (κ2) is 9.68. The molecule has 0 bridgehead atoms. The van der Waals surface area contributed by atoms with Gasteiger partial charge in [-0.25, -0.2) is 4.99 Å². The summed E-state index contributed by atoms with van der Waals surface area (Å²) in [6, 6.07) is 53.7. The molecule has 0 saturated heterocycles. The van der Waals surface area contributed by atoms with Crippen LogP contribution in [0, 0.1) is 0 Å². The molecule has 216 valence electrons. The number of hydrogen-bond acceptors (Lipinski definition) is 3. The number of furan rings is 1. The number of nitrogens with one attached hydrogen (secondary N) is 1. The van der Waals surface area contributed by atoms with E-state index in [4.69, 9.17) is 9.41 Å². The molecular formula is C42H27N3O. The smallest absolute Gasteiger partial charge is 0.201 e. The lowest BCUT2D eigenvalue weighted by Crippen LogP contribution is -2.24. The Labute approximate surface area is 264 Å². The van der Waals surface area contributed by atoms with Gasteiger partial charge in [0.05, 0.1) is 22.1 Å². The fourth-order valence-electron chi connectivity index (χ4n) is 7.25. The van der Waals surface area contributed by atoms with Crippen molar-refractivity contribution in [1.29, 1.82) is 0 Å². The lowest BCUT2D eigenvalue weighted by Gasteiger charge is -2.28. The molecule has 0 amide bonds. The van der Waals surface area contributed by atoms with Gasteiger partial charge in [-0.05, 0) is 58.3 Å². The number of nitrogens with zero attached hydrogens (tertiary/aromatic N) is 2. The first-order valence-electron chi connectivity index (χ1n) is 15.7. The fourth-order valence-corrected chi connectivity index (χ4v) is 7.25. The van der Waals surface area contributed by atoms with Gasteiger partial charge in [-0.1, -0.05) is 115 Å². The van der Waals surface area contributed by atoms with Crippen LogP contribution in [0.25, 0.3) is 65.6 Å². The highest BCUT2D eigenvalue weighted by Gasteiger charge is 2.27. The molecule has 0 fully saturated rings. The highest BCUT2D eigenvalue weighted by molar-refractivity contribution is 6.24. The summed E-state index contributed by atoms with van der Waals surface area (Å²) < 4.78 is 8.96. The number of anilines is 1. The molecule has 0 radical (unpaired) electrons. The van der Waals surface area contributed by atoms with Crippen molar-refractivity contribution < 1.29 is 4.42 Å². The summed E-state index contributed by atoms with van der Waals surface area (Å²) in [5, 5.41) is 10.7. The van der Waals surface area contributed by atoms with Gasteiger partial charge >= 0.3 is 0 Å². The Kier molecular flexibility index (Phi) is 5.31. The number of para-hydroxylation sites is 2. The van der Waals surface area contributed by atoms with Crippen LogP contribution in [0.4, 0.5) is 5.69 Å². The van der Waals surface area contributed by atoms with Crippen LogP contribution in [-0.4, -0.2) is 10.3 Å².